The summed E-state index contributed by atoms with van der Waals surface area (Å²) in [5.41, 5.74) is 0. The Balaban J connectivity index is 2.54. The molecule has 1 fully saturated rings. The smallest absolute Gasteiger partial charge is 0.328 e. The largest absolute Gasteiger partial charge is 0.480 e. The van der Waals surface area contributed by atoms with Crippen LogP contribution in [-0.2, 0) is 9.53 Å². The van der Waals surface area contributed by atoms with Crippen molar-refractivity contribution in [2.75, 3.05) is 20.3 Å². The van der Waals surface area contributed by atoms with Crippen LogP contribution < -0.4 is 5.32 Å². The van der Waals surface area contributed by atoms with Crippen LogP contribution in [0.3, 0.4) is 0 Å². The first kappa shape index (κ1) is 13.7. The second kappa shape index (κ2) is 5.83. The maximum absolute atomic E-state index is 11.7. The van der Waals surface area contributed by atoms with E-state index in [1.807, 2.05) is 0 Å². The van der Waals surface area contributed by atoms with Gasteiger partial charge < -0.3 is 25.2 Å². The first-order valence-corrected chi connectivity index (χ1v) is 5.45. The number of carbonyl (C=O) groups excluding carboxylic acids is 1. The molecule has 17 heavy (non-hydrogen) atoms. The molecule has 1 heterocycles. The van der Waals surface area contributed by atoms with Crippen molar-refractivity contribution in [2.45, 2.75) is 31.5 Å². The Hall–Kier alpha value is -1.34. The van der Waals surface area contributed by atoms with Crippen LogP contribution in [0, 0.1) is 0 Å². The van der Waals surface area contributed by atoms with Gasteiger partial charge >= 0.3 is 12.0 Å². The highest BCUT2D eigenvalue weighted by atomic mass is 16.5. The van der Waals surface area contributed by atoms with Gasteiger partial charge in [0.25, 0.3) is 0 Å². The van der Waals surface area contributed by atoms with E-state index >= 15 is 0 Å². The summed E-state index contributed by atoms with van der Waals surface area (Å²) in [5.74, 6) is -1.26. The van der Waals surface area contributed by atoms with E-state index in [1.165, 1.54) is 11.8 Å². The van der Waals surface area contributed by atoms with E-state index < -0.39 is 24.1 Å². The van der Waals surface area contributed by atoms with E-state index in [0.717, 1.165) is 6.42 Å². The number of carbonyl (C=O) groups is 2. The summed E-state index contributed by atoms with van der Waals surface area (Å²) in [6, 6.07) is -1.86. The first-order chi connectivity index (χ1) is 7.93. The zero-order valence-electron chi connectivity index (χ0n) is 9.92. The van der Waals surface area contributed by atoms with Gasteiger partial charge in [0.05, 0.1) is 18.8 Å². The maximum atomic E-state index is 11.7. The average molecular weight is 246 g/mol. The van der Waals surface area contributed by atoms with Crippen LogP contribution in [0.5, 0.6) is 0 Å². The third-order valence-corrected chi connectivity index (χ3v) is 2.80. The standard InChI is InChI=1S/C10H18N2O5/c1-6(13)8(9(14)15)11-10(16)12(2)7-3-4-17-5-7/h6-8,13H,3-5H2,1-2H3,(H,11,16)(H,14,15). The molecule has 0 bridgehead atoms. The number of aliphatic carboxylic acids is 1. The molecule has 3 unspecified atom stereocenters. The second-order valence-corrected chi connectivity index (χ2v) is 4.13. The van der Waals surface area contributed by atoms with Crippen molar-refractivity contribution in [3.63, 3.8) is 0 Å². The number of likely N-dealkylation sites (N-methyl/N-ethyl adjacent to an activating group) is 1. The van der Waals surface area contributed by atoms with E-state index in [0.29, 0.717) is 13.2 Å². The number of carboxylic acids is 1. The van der Waals surface area contributed by atoms with Gasteiger partial charge in [0.15, 0.2) is 6.04 Å². The number of hydrogen-bond acceptors (Lipinski definition) is 4. The second-order valence-electron chi connectivity index (χ2n) is 4.13. The topological polar surface area (TPSA) is 99.1 Å². The number of aliphatic hydroxyl groups is 1. The van der Waals surface area contributed by atoms with Gasteiger partial charge in [-0.15, -0.1) is 0 Å². The van der Waals surface area contributed by atoms with E-state index in [2.05, 4.69) is 5.32 Å². The molecule has 0 aromatic carbocycles. The molecular formula is C10H18N2O5. The van der Waals surface area contributed by atoms with Crippen LogP contribution in [0.1, 0.15) is 13.3 Å². The summed E-state index contributed by atoms with van der Waals surface area (Å²) >= 11 is 0. The summed E-state index contributed by atoms with van der Waals surface area (Å²) in [7, 11) is 1.58. The van der Waals surface area contributed by atoms with Crippen molar-refractivity contribution in [3.05, 3.63) is 0 Å². The minimum atomic E-state index is -1.30. The minimum absolute atomic E-state index is 0.0431. The van der Waals surface area contributed by atoms with Crippen LogP contribution >= 0.6 is 0 Å². The molecule has 0 saturated carbocycles. The van der Waals surface area contributed by atoms with Crippen molar-refractivity contribution in [1.82, 2.24) is 10.2 Å². The van der Waals surface area contributed by atoms with Crippen molar-refractivity contribution in [3.8, 4) is 0 Å². The first-order valence-electron chi connectivity index (χ1n) is 5.45. The summed E-state index contributed by atoms with van der Waals surface area (Å²) < 4.78 is 5.14. The third-order valence-electron chi connectivity index (χ3n) is 2.80. The molecule has 0 aliphatic carbocycles. The summed E-state index contributed by atoms with van der Waals surface area (Å²) in [6.07, 6.45) is -0.416. The molecule has 1 saturated heterocycles. The Morgan fingerprint density at radius 1 is 1.53 bits per heavy atom. The molecule has 1 aliphatic heterocycles. The number of aliphatic hydroxyl groups excluding tert-OH is 1. The van der Waals surface area contributed by atoms with Crippen molar-refractivity contribution < 1.29 is 24.5 Å². The van der Waals surface area contributed by atoms with Crippen molar-refractivity contribution in [1.29, 1.82) is 0 Å². The molecule has 0 aromatic rings. The lowest BCUT2D eigenvalue weighted by atomic mass is 10.2. The lowest BCUT2D eigenvalue weighted by Gasteiger charge is -2.26. The number of urea groups is 1. The number of rotatable bonds is 4. The quantitative estimate of drug-likeness (QED) is 0.606. The van der Waals surface area contributed by atoms with Crippen molar-refractivity contribution in [2.24, 2.45) is 0 Å². The number of carboxylic acid groups (broad SMARTS) is 1. The van der Waals surface area contributed by atoms with Gasteiger partial charge in [-0.25, -0.2) is 9.59 Å². The van der Waals surface area contributed by atoms with Gasteiger partial charge in [-0.3, -0.25) is 0 Å². The fourth-order valence-electron chi connectivity index (χ4n) is 1.62. The SMILES string of the molecule is CC(O)C(NC(=O)N(C)C1CCOC1)C(=O)O. The third kappa shape index (κ3) is 3.57. The zero-order valence-corrected chi connectivity index (χ0v) is 9.92. The van der Waals surface area contributed by atoms with Gasteiger partial charge in [-0.1, -0.05) is 0 Å². The Kier molecular flexibility index (Phi) is 4.71. The van der Waals surface area contributed by atoms with Crippen molar-refractivity contribution >= 4 is 12.0 Å². The fraction of sp³-hybridized carbons (Fsp3) is 0.800. The van der Waals surface area contributed by atoms with Crippen LogP contribution in [0.4, 0.5) is 4.79 Å². The van der Waals surface area contributed by atoms with Crippen LogP contribution in [0.15, 0.2) is 0 Å². The van der Waals surface area contributed by atoms with E-state index in [9.17, 15) is 14.7 Å². The van der Waals surface area contributed by atoms with Gasteiger partial charge in [-0.2, -0.15) is 0 Å². The van der Waals surface area contributed by atoms with Crippen LogP contribution in [-0.4, -0.2) is 65.6 Å². The maximum Gasteiger partial charge on any atom is 0.328 e. The van der Waals surface area contributed by atoms with Gasteiger partial charge in [-0.05, 0) is 13.3 Å². The van der Waals surface area contributed by atoms with Crippen LogP contribution in [0.2, 0.25) is 0 Å². The molecule has 0 spiro atoms. The normalized spacial score (nSPS) is 22.9. The minimum Gasteiger partial charge on any atom is -0.480 e. The molecule has 3 atom stereocenters. The molecule has 2 amide bonds. The van der Waals surface area contributed by atoms with E-state index in [-0.39, 0.29) is 6.04 Å². The van der Waals surface area contributed by atoms with Crippen LogP contribution in [0.25, 0.3) is 0 Å². The predicted octanol–water partition coefficient (Wildman–Crippen LogP) is -0.749. The summed E-state index contributed by atoms with van der Waals surface area (Å²) in [4.78, 5) is 23.9. The number of nitrogens with zero attached hydrogens (tertiary/aromatic N) is 1. The van der Waals surface area contributed by atoms with Gasteiger partial charge in [0, 0.05) is 13.7 Å². The molecule has 7 heteroatoms. The fourth-order valence-corrected chi connectivity index (χ4v) is 1.62. The monoisotopic (exact) mass is 246 g/mol. The van der Waals surface area contributed by atoms with Gasteiger partial charge in [0.2, 0.25) is 0 Å². The number of amides is 2. The lowest BCUT2D eigenvalue weighted by Crippen LogP contribution is -2.53. The predicted molar refractivity (Wildman–Crippen MR) is 58.6 cm³/mol. The summed E-state index contributed by atoms with van der Waals surface area (Å²) in [6.45, 7) is 2.37. The molecular weight excluding hydrogens is 228 g/mol. The summed E-state index contributed by atoms with van der Waals surface area (Å²) in [5, 5.41) is 20.3. The Labute approximate surface area is 99.4 Å². The molecule has 3 N–H and O–H groups in total. The Morgan fingerprint density at radius 2 is 2.18 bits per heavy atom. The Morgan fingerprint density at radius 3 is 2.59 bits per heavy atom. The molecule has 98 valence electrons. The zero-order chi connectivity index (χ0) is 13.0. The van der Waals surface area contributed by atoms with E-state index in [1.54, 1.807) is 7.05 Å². The molecule has 0 aromatic heterocycles. The number of nitrogens with one attached hydrogen (secondary N) is 1. The lowest BCUT2D eigenvalue weighted by molar-refractivity contribution is -0.141. The Bertz CT molecular complexity index is 288. The number of ether oxygens (including phenoxy) is 1. The molecule has 1 aliphatic rings. The van der Waals surface area contributed by atoms with Gasteiger partial charge in [0.1, 0.15) is 0 Å². The molecule has 7 nitrogen and oxygen atoms in total. The highest BCUT2D eigenvalue weighted by Crippen LogP contribution is 2.10. The highest BCUT2D eigenvalue weighted by Gasteiger charge is 2.29. The molecule has 0 radical (unpaired) electrons. The molecule has 1 rings (SSSR count). The highest BCUT2D eigenvalue weighted by molar-refractivity contribution is 5.83. The number of hydrogen-bond donors (Lipinski definition) is 3. The van der Waals surface area contributed by atoms with E-state index in [4.69, 9.17) is 9.84 Å². The average Bonchev–Trinajstić information content (AvgIpc) is 2.76.